The molecule has 0 aliphatic carbocycles. The van der Waals surface area contributed by atoms with Crippen LogP contribution in [0.15, 0.2) is 47.8 Å². The highest BCUT2D eigenvalue weighted by molar-refractivity contribution is 7.15. The quantitative estimate of drug-likeness (QED) is 0.486. The van der Waals surface area contributed by atoms with Gasteiger partial charge in [-0.25, -0.2) is 4.79 Å². The number of nitrogens with one attached hydrogen (secondary N) is 1. The molecule has 0 saturated heterocycles. The highest BCUT2D eigenvalue weighted by atomic mass is 32.1. The summed E-state index contributed by atoms with van der Waals surface area (Å²) in [6.07, 6.45) is 0. The molecule has 0 aliphatic rings. The van der Waals surface area contributed by atoms with Crippen molar-refractivity contribution in [2.45, 2.75) is 20.8 Å². The first-order chi connectivity index (χ1) is 14.9. The molecule has 0 atom stereocenters. The standard InChI is InChI=1S/C24H25NO5S/c1-5-29-24(27)22-20(17-7-10-18(28-4)11-8-17)14-31-23(22)25-21(26)13-30-19-9-6-15(2)16(3)12-19/h6-12,14H,5,13H2,1-4H3,(H,25,26). The van der Waals surface area contributed by atoms with Gasteiger partial charge in [0.05, 0.1) is 13.7 Å². The van der Waals surface area contributed by atoms with E-state index in [0.29, 0.717) is 27.6 Å². The zero-order chi connectivity index (χ0) is 22.4. The van der Waals surface area contributed by atoms with Gasteiger partial charge >= 0.3 is 5.97 Å². The fourth-order valence-corrected chi connectivity index (χ4v) is 3.93. The molecule has 3 rings (SSSR count). The Hall–Kier alpha value is -3.32. The molecule has 0 unspecified atom stereocenters. The summed E-state index contributed by atoms with van der Waals surface area (Å²) in [5.74, 6) is 0.495. The third-order valence-corrected chi connectivity index (χ3v) is 5.67. The van der Waals surface area contributed by atoms with Crippen LogP contribution >= 0.6 is 11.3 Å². The maximum absolute atomic E-state index is 12.7. The molecule has 0 radical (unpaired) electrons. The van der Waals surface area contributed by atoms with Crippen LogP contribution in [-0.2, 0) is 9.53 Å². The number of aryl methyl sites for hydroxylation is 2. The van der Waals surface area contributed by atoms with E-state index in [1.54, 1.807) is 14.0 Å². The number of hydrogen-bond donors (Lipinski definition) is 1. The SMILES string of the molecule is CCOC(=O)c1c(-c2ccc(OC)cc2)csc1NC(=O)COc1ccc(C)c(C)c1. The first-order valence-electron chi connectivity index (χ1n) is 9.85. The van der Waals surface area contributed by atoms with E-state index in [2.05, 4.69) is 5.32 Å². The Kier molecular flexibility index (Phi) is 7.31. The Morgan fingerprint density at radius 3 is 2.35 bits per heavy atom. The first-order valence-corrected chi connectivity index (χ1v) is 10.7. The van der Waals surface area contributed by atoms with E-state index in [0.717, 1.165) is 16.7 Å². The van der Waals surface area contributed by atoms with Crippen molar-refractivity contribution in [3.63, 3.8) is 0 Å². The number of carbonyl (C=O) groups excluding carboxylic acids is 2. The highest BCUT2D eigenvalue weighted by Gasteiger charge is 2.23. The third kappa shape index (κ3) is 5.44. The van der Waals surface area contributed by atoms with Crippen molar-refractivity contribution >= 4 is 28.2 Å². The number of thiophene rings is 1. The second-order valence-corrected chi connectivity index (χ2v) is 7.77. The van der Waals surface area contributed by atoms with Crippen LogP contribution in [0, 0.1) is 13.8 Å². The van der Waals surface area contributed by atoms with Crippen molar-refractivity contribution in [3.8, 4) is 22.6 Å². The lowest BCUT2D eigenvalue weighted by Gasteiger charge is -2.10. The van der Waals surface area contributed by atoms with E-state index in [4.69, 9.17) is 14.2 Å². The number of esters is 1. The summed E-state index contributed by atoms with van der Waals surface area (Å²) in [6, 6.07) is 13.0. The Labute approximate surface area is 185 Å². The fourth-order valence-electron chi connectivity index (χ4n) is 2.95. The van der Waals surface area contributed by atoms with Gasteiger partial charge in [0.2, 0.25) is 0 Å². The summed E-state index contributed by atoms with van der Waals surface area (Å²) < 4.78 is 16.0. The fraction of sp³-hybridized carbons (Fsp3) is 0.250. The normalized spacial score (nSPS) is 10.5. The predicted octanol–water partition coefficient (Wildman–Crippen LogP) is 5.23. The van der Waals surface area contributed by atoms with Crippen molar-refractivity contribution in [1.82, 2.24) is 0 Å². The summed E-state index contributed by atoms with van der Waals surface area (Å²) >= 11 is 1.27. The molecule has 7 heteroatoms. The van der Waals surface area contributed by atoms with Gasteiger partial charge in [0, 0.05) is 10.9 Å². The molecular formula is C24H25NO5S. The van der Waals surface area contributed by atoms with Crippen molar-refractivity contribution in [2.75, 3.05) is 25.6 Å². The van der Waals surface area contributed by atoms with Crippen molar-refractivity contribution in [3.05, 3.63) is 64.5 Å². The second-order valence-electron chi connectivity index (χ2n) is 6.89. The lowest BCUT2D eigenvalue weighted by atomic mass is 10.0. The number of hydrogen-bond acceptors (Lipinski definition) is 6. The van der Waals surface area contributed by atoms with Crippen LogP contribution in [0.1, 0.15) is 28.4 Å². The summed E-state index contributed by atoms with van der Waals surface area (Å²) in [6.45, 7) is 5.81. The molecule has 162 valence electrons. The van der Waals surface area contributed by atoms with E-state index >= 15 is 0 Å². The predicted molar refractivity (Wildman–Crippen MR) is 122 cm³/mol. The number of anilines is 1. The van der Waals surface area contributed by atoms with E-state index in [9.17, 15) is 9.59 Å². The second kappa shape index (κ2) is 10.1. The summed E-state index contributed by atoms with van der Waals surface area (Å²) in [5, 5.41) is 5.04. The molecule has 0 bridgehead atoms. The van der Waals surface area contributed by atoms with Gasteiger partial charge in [-0.2, -0.15) is 0 Å². The van der Waals surface area contributed by atoms with Gasteiger partial charge in [0.25, 0.3) is 5.91 Å². The Balaban J connectivity index is 1.79. The molecule has 0 spiro atoms. The molecule has 1 amide bonds. The average molecular weight is 440 g/mol. The van der Waals surface area contributed by atoms with E-state index in [1.807, 2.05) is 61.7 Å². The highest BCUT2D eigenvalue weighted by Crippen LogP contribution is 2.36. The monoisotopic (exact) mass is 439 g/mol. The molecule has 0 fully saturated rings. The average Bonchev–Trinajstić information content (AvgIpc) is 3.18. The smallest absolute Gasteiger partial charge is 0.341 e. The first kappa shape index (κ1) is 22.4. The molecule has 6 nitrogen and oxygen atoms in total. The van der Waals surface area contributed by atoms with Gasteiger partial charge in [-0.05, 0) is 61.7 Å². The topological polar surface area (TPSA) is 73.9 Å². The van der Waals surface area contributed by atoms with E-state index < -0.39 is 5.97 Å². The zero-order valence-corrected chi connectivity index (χ0v) is 18.8. The number of amides is 1. The Bertz CT molecular complexity index is 1070. The number of benzene rings is 2. The van der Waals surface area contributed by atoms with Crippen LogP contribution in [0.5, 0.6) is 11.5 Å². The number of methoxy groups -OCH3 is 1. The minimum Gasteiger partial charge on any atom is -0.497 e. The van der Waals surface area contributed by atoms with Crippen LogP contribution in [0.25, 0.3) is 11.1 Å². The zero-order valence-electron chi connectivity index (χ0n) is 18.0. The van der Waals surface area contributed by atoms with Crippen molar-refractivity contribution in [1.29, 1.82) is 0 Å². The molecule has 1 heterocycles. The van der Waals surface area contributed by atoms with E-state index in [-0.39, 0.29) is 19.1 Å². The van der Waals surface area contributed by atoms with Gasteiger partial charge in [0.15, 0.2) is 6.61 Å². The molecular weight excluding hydrogens is 414 g/mol. The van der Waals surface area contributed by atoms with Gasteiger partial charge in [-0.15, -0.1) is 11.3 Å². The third-order valence-electron chi connectivity index (χ3n) is 4.77. The summed E-state index contributed by atoms with van der Waals surface area (Å²) in [7, 11) is 1.59. The van der Waals surface area contributed by atoms with Crippen LogP contribution in [-0.4, -0.2) is 32.2 Å². The van der Waals surface area contributed by atoms with E-state index in [1.165, 1.54) is 11.3 Å². The maximum atomic E-state index is 12.7. The molecule has 1 N–H and O–H groups in total. The molecule has 2 aromatic carbocycles. The summed E-state index contributed by atoms with van der Waals surface area (Å²) in [5.41, 5.74) is 4.09. The maximum Gasteiger partial charge on any atom is 0.341 e. The Morgan fingerprint density at radius 1 is 1.00 bits per heavy atom. The molecule has 0 aliphatic heterocycles. The van der Waals surface area contributed by atoms with Crippen LogP contribution < -0.4 is 14.8 Å². The van der Waals surface area contributed by atoms with Crippen LogP contribution in [0.2, 0.25) is 0 Å². The molecule has 0 saturated carbocycles. The summed E-state index contributed by atoms with van der Waals surface area (Å²) in [4.78, 5) is 25.2. The van der Waals surface area contributed by atoms with Crippen molar-refractivity contribution < 1.29 is 23.8 Å². The lowest BCUT2D eigenvalue weighted by molar-refractivity contribution is -0.118. The lowest BCUT2D eigenvalue weighted by Crippen LogP contribution is -2.21. The number of rotatable bonds is 8. The molecule has 1 aromatic heterocycles. The minimum atomic E-state index is -0.486. The van der Waals surface area contributed by atoms with Gasteiger partial charge < -0.3 is 19.5 Å². The number of carbonyl (C=O) groups is 2. The molecule has 31 heavy (non-hydrogen) atoms. The van der Waals surface area contributed by atoms with Gasteiger partial charge in [0.1, 0.15) is 22.1 Å². The number of ether oxygens (including phenoxy) is 3. The van der Waals surface area contributed by atoms with Gasteiger partial charge in [-0.3, -0.25) is 4.79 Å². The molecule has 3 aromatic rings. The Morgan fingerprint density at radius 2 is 1.71 bits per heavy atom. The van der Waals surface area contributed by atoms with Gasteiger partial charge in [-0.1, -0.05) is 18.2 Å². The van der Waals surface area contributed by atoms with Crippen molar-refractivity contribution in [2.24, 2.45) is 0 Å². The van der Waals surface area contributed by atoms with Crippen LogP contribution in [0.3, 0.4) is 0 Å². The van der Waals surface area contributed by atoms with Crippen LogP contribution in [0.4, 0.5) is 5.00 Å². The largest absolute Gasteiger partial charge is 0.497 e. The minimum absolute atomic E-state index is 0.166.